The third-order valence-corrected chi connectivity index (χ3v) is 5.43. The molecule has 1 saturated heterocycles. The van der Waals surface area contributed by atoms with Crippen molar-refractivity contribution in [3.8, 4) is 0 Å². The zero-order chi connectivity index (χ0) is 22.6. The van der Waals surface area contributed by atoms with Crippen molar-refractivity contribution >= 4 is 0 Å². The fourth-order valence-corrected chi connectivity index (χ4v) is 4.32. The predicted molar refractivity (Wildman–Crippen MR) is 129 cm³/mol. The van der Waals surface area contributed by atoms with E-state index in [-0.39, 0.29) is 0 Å². The Morgan fingerprint density at radius 2 is 1.61 bits per heavy atom. The molecule has 0 saturated carbocycles. The molecule has 6 nitrogen and oxygen atoms in total. The highest BCUT2D eigenvalue weighted by Crippen LogP contribution is 2.18. The van der Waals surface area contributed by atoms with Gasteiger partial charge in [-0.05, 0) is 31.9 Å². The van der Waals surface area contributed by atoms with Gasteiger partial charge in [0.2, 0.25) is 0 Å². The molecular weight excluding hydrogens is 386 g/mol. The van der Waals surface area contributed by atoms with Crippen LogP contribution in [0.25, 0.3) is 0 Å². The Morgan fingerprint density at radius 1 is 0.968 bits per heavy atom. The van der Waals surface area contributed by atoms with Crippen LogP contribution in [-0.4, -0.2) is 57.4 Å². The molecule has 0 aliphatic carbocycles. The van der Waals surface area contributed by atoms with Crippen LogP contribution < -0.4 is 5.32 Å². The number of hydrogen-bond donors (Lipinski definition) is 2. The molecule has 0 unspecified atom stereocenters. The summed E-state index contributed by atoms with van der Waals surface area (Å²) in [7, 11) is 0. The summed E-state index contributed by atoms with van der Waals surface area (Å²) >= 11 is 0. The smallest absolute Gasteiger partial charge is 0.0768 e. The normalized spacial score (nSPS) is 16.8. The van der Waals surface area contributed by atoms with Crippen molar-refractivity contribution in [1.82, 2.24) is 24.9 Å². The first-order valence-corrected chi connectivity index (χ1v) is 11.6. The molecule has 1 fully saturated rings. The van der Waals surface area contributed by atoms with E-state index in [1.54, 1.807) is 0 Å². The minimum absolute atomic E-state index is 0.750. The molecule has 31 heavy (non-hydrogen) atoms. The van der Waals surface area contributed by atoms with Crippen molar-refractivity contribution in [3.05, 3.63) is 65.2 Å². The highest BCUT2D eigenvalue weighted by Gasteiger charge is 2.19. The summed E-state index contributed by atoms with van der Waals surface area (Å²) in [6.45, 7) is 20.9. The second-order valence-electron chi connectivity index (χ2n) is 8.12. The highest BCUT2D eigenvalue weighted by molar-refractivity contribution is 5.28. The summed E-state index contributed by atoms with van der Waals surface area (Å²) in [6, 6.07) is 9.24. The topological polar surface area (TPSA) is 56.6 Å². The van der Waals surface area contributed by atoms with Crippen molar-refractivity contribution < 1.29 is 5.11 Å². The number of aliphatic hydroxyl groups is 1. The number of benzene rings is 1. The van der Waals surface area contributed by atoms with E-state index in [9.17, 15) is 0 Å². The van der Waals surface area contributed by atoms with E-state index in [1.807, 2.05) is 13.8 Å². The van der Waals surface area contributed by atoms with Gasteiger partial charge in [-0.25, -0.2) is 0 Å². The first kappa shape index (κ1) is 25.1. The van der Waals surface area contributed by atoms with E-state index in [1.165, 1.54) is 34.5 Å². The molecule has 2 aliphatic rings. The zero-order valence-electron chi connectivity index (χ0n) is 19.9. The van der Waals surface area contributed by atoms with Crippen molar-refractivity contribution in [3.63, 3.8) is 0 Å². The Labute approximate surface area is 188 Å². The Hall–Kier alpha value is -2.15. The van der Waals surface area contributed by atoms with E-state index < -0.39 is 0 Å². The first-order valence-electron chi connectivity index (χ1n) is 11.6. The molecule has 6 heteroatoms. The maximum absolute atomic E-state index is 7.33. The van der Waals surface area contributed by atoms with E-state index in [4.69, 9.17) is 10.2 Å². The van der Waals surface area contributed by atoms with Crippen LogP contribution in [0.4, 0.5) is 0 Å². The maximum atomic E-state index is 7.33. The van der Waals surface area contributed by atoms with Crippen molar-refractivity contribution in [2.24, 2.45) is 0 Å². The van der Waals surface area contributed by atoms with Gasteiger partial charge in [0, 0.05) is 58.9 Å². The molecule has 0 spiro atoms. The molecule has 0 amide bonds. The fraction of sp³-hybridized carbons (Fsp3) is 0.560. The lowest BCUT2D eigenvalue weighted by molar-refractivity contribution is 0.229. The van der Waals surface area contributed by atoms with Crippen LogP contribution >= 0.6 is 0 Å². The van der Waals surface area contributed by atoms with Crippen LogP contribution in [0.3, 0.4) is 0 Å². The lowest BCUT2D eigenvalue weighted by Gasteiger charge is -2.26. The molecule has 0 atom stereocenters. The minimum atomic E-state index is 0.750. The Balaban J connectivity index is 0.000000630. The SMILES string of the molecule is C=CO.CC.Cc1cc(C)cc(CN2CCCn3nc(CN4CCNCC4)cc3C2)c1. The lowest BCUT2D eigenvalue weighted by atomic mass is 10.1. The Morgan fingerprint density at radius 3 is 2.26 bits per heavy atom. The number of hydrogen-bond acceptors (Lipinski definition) is 5. The maximum Gasteiger partial charge on any atom is 0.0768 e. The lowest BCUT2D eigenvalue weighted by Crippen LogP contribution is -2.42. The van der Waals surface area contributed by atoms with Crippen LogP contribution in [0.1, 0.15) is 48.3 Å². The summed E-state index contributed by atoms with van der Waals surface area (Å²) in [5.74, 6) is 0. The van der Waals surface area contributed by atoms with Gasteiger partial charge in [-0.2, -0.15) is 5.10 Å². The number of aromatic nitrogens is 2. The van der Waals surface area contributed by atoms with Gasteiger partial charge in [0.25, 0.3) is 0 Å². The van der Waals surface area contributed by atoms with Gasteiger partial charge in [-0.1, -0.05) is 49.8 Å². The number of piperazine rings is 1. The zero-order valence-corrected chi connectivity index (χ0v) is 19.9. The van der Waals surface area contributed by atoms with E-state index in [0.29, 0.717) is 0 Å². The number of fused-ring (bicyclic) bond motifs is 1. The molecule has 172 valence electrons. The van der Waals surface area contributed by atoms with Gasteiger partial charge in [0.1, 0.15) is 0 Å². The summed E-state index contributed by atoms with van der Waals surface area (Å²) in [4.78, 5) is 5.08. The van der Waals surface area contributed by atoms with E-state index in [2.05, 4.69) is 64.5 Å². The minimum Gasteiger partial charge on any atom is -0.516 e. The van der Waals surface area contributed by atoms with E-state index >= 15 is 0 Å². The third kappa shape index (κ3) is 8.13. The van der Waals surface area contributed by atoms with Gasteiger partial charge < -0.3 is 10.4 Å². The van der Waals surface area contributed by atoms with Gasteiger partial charge in [-0.15, -0.1) is 0 Å². The molecule has 4 rings (SSSR count). The van der Waals surface area contributed by atoms with Gasteiger partial charge in [0.05, 0.1) is 17.6 Å². The predicted octanol–water partition coefficient (Wildman–Crippen LogP) is 4.03. The second-order valence-corrected chi connectivity index (χ2v) is 8.12. The van der Waals surface area contributed by atoms with Gasteiger partial charge in [0.15, 0.2) is 0 Å². The Kier molecular flexibility index (Phi) is 10.8. The largest absolute Gasteiger partial charge is 0.516 e. The van der Waals surface area contributed by atoms with Crippen LogP contribution in [0.5, 0.6) is 0 Å². The molecule has 1 aromatic heterocycles. The summed E-state index contributed by atoms with van der Waals surface area (Å²) in [5.41, 5.74) is 6.75. The van der Waals surface area contributed by atoms with Crippen LogP contribution in [0.2, 0.25) is 0 Å². The number of nitrogens with zero attached hydrogens (tertiary/aromatic N) is 4. The monoisotopic (exact) mass is 427 g/mol. The molecular formula is C25H41N5O. The summed E-state index contributed by atoms with van der Waals surface area (Å²) in [6.07, 6.45) is 1.92. The summed E-state index contributed by atoms with van der Waals surface area (Å²) in [5, 5.41) is 15.7. The molecule has 2 aromatic rings. The Bertz CT molecular complexity index is 775. The summed E-state index contributed by atoms with van der Waals surface area (Å²) < 4.78 is 2.25. The average molecular weight is 428 g/mol. The second kappa shape index (κ2) is 13.3. The molecule has 1 aromatic carbocycles. The average Bonchev–Trinajstić information content (AvgIpc) is 3.01. The van der Waals surface area contributed by atoms with E-state index in [0.717, 1.165) is 65.2 Å². The number of rotatable bonds is 4. The van der Waals surface area contributed by atoms with Crippen molar-refractivity contribution in [2.75, 3.05) is 32.7 Å². The van der Waals surface area contributed by atoms with Crippen LogP contribution in [0.15, 0.2) is 37.1 Å². The number of aliphatic hydroxyl groups excluding tert-OH is 1. The van der Waals surface area contributed by atoms with Crippen molar-refractivity contribution in [1.29, 1.82) is 0 Å². The first-order chi connectivity index (χ1) is 15.1. The molecule has 2 N–H and O–H groups in total. The number of aryl methyl sites for hydroxylation is 3. The van der Waals surface area contributed by atoms with Crippen LogP contribution in [0, 0.1) is 13.8 Å². The van der Waals surface area contributed by atoms with Gasteiger partial charge in [-0.3, -0.25) is 14.5 Å². The molecule has 0 bridgehead atoms. The highest BCUT2D eigenvalue weighted by atomic mass is 16.2. The van der Waals surface area contributed by atoms with Crippen molar-refractivity contribution in [2.45, 2.75) is 60.3 Å². The molecule has 0 radical (unpaired) electrons. The van der Waals surface area contributed by atoms with Crippen LogP contribution in [-0.2, 0) is 26.2 Å². The fourth-order valence-electron chi connectivity index (χ4n) is 4.32. The van der Waals surface area contributed by atoms with Gasteiger partial charge >= 0.3 is 0 Å². The third-order valence-electron chi connectivity index (χ3n) is 5.43. The molecule has 2 aliphatic heterocycles. The quantitative estimate of drug-likeness (QED) is 0.722. The molecule has 3 heterocycles. The standard InChI is InChI=1S/C21H31N5.C2H4O.C2H6/c1-17-10-18(2)12-19(11-17)14-25-6-3-7-26-21(16-25)13-20(23-26)15-24-8-4-22-5-9-24;1-2-3;1-2/h10-13,22H,3-9,14-16H2,1-2H3;2-3H,1H2;1-2H3. The number of nitrogens with one attached hydrogen (secondary N) is 1.